The largest absolute Gasteiger partial charge is 0.254 e. The van der Waals surface area contributed by atoms with Gasteiger partial charge in [0.1, 0.15) is 0 Å². The molecule has 10 aromatic rings. The third-order valence-electron chi connectivity index (χ3n) is 11.7. The second kappa shape index (κ2) is 11.2. The molecule has 0 fully saturated rings. The molecule has 0 aliphatic heterocycles. The number of aromatic nitrogens is 2. The van der Waals surface area contributed by atoms with E-state index in [9.17, 15) is 0 Å². The lowest BCUT2D eigenvalue weighted by atomic mass is 9.81. The van der Waals surface area contributed by atoms with Crippen LogP contribution >= 0.6 is 0 Å². The standard InChI is InChI=1S/C51H34N2/c1-51(2)44-16-8-7-13-38(44)42-30-37(22-25-45(42)51)47-39-14-5-6-15-40(39)48(46-26-23-33-19-18-32-12-9-27-52-49(32)50(33)53-46)41-24-21-36(29-43(41)47)35-20-17-31-10-3-4-11-34(31)28-35/h3-30H,1-2H3. The van der Waals surface area contributed by atoms with Gasteiger partial charge in [0.2, 0.25) is 0 Å². The van der Waals surface area contributed by atoms with Crippen LogP contribution < -0.4 is 0 Å². The lowest BCUT2D eigenvalue weighted by molar-refractivity contribution is 0.660. The molecule has 0 saturated heterocycles. The third kappa shape index (κ3) is 4.45. The van der Waals surface area contributed by atoms with Gasteiger partial charge in [-0.25, -0.2) is 4.98 Å². The Morgan fingerprint density at radius 2 is 1.02 bits per heavy atom. The van der Waals surface area contributed by atoms with Crippen LogP contribution in [0.25, 0.3) is 98.8 Å². The van der Waals surface area contributed by atoms with Gasteiger partial charge in [-0.15, -0.1) is 0 Å². The van der Waals surface area contributed by atoms with Gasteiger partial charge in [-0.2, -0.15) is 0 Å². The van der Waals surface area contributed by atoms with E-state index in [1.807, 2.05) is 12.3 Å². The maximum Gasteiger partial charge on any atom is 0.0972 e. The Balaban J connectivity index is 1.23. The van der Waals surface area contributed by atoms with Crippen LogP contribution in [-0.4, -0.2) is 9.97 Å². The molecule has 2 heteroatoms. The lowest BCUT2D eigenvalue weighted by Gasteiger charge is -2.22. The predicted octanol–water partition coefficient (Wildman–Crippen LogP) is 13.5. The zero-order chi connectivity index (χ0) is 35.3. The summed E-state index contributed by atoms with van der Waals surface area (Å²) in [5.74, 6) is 0. The number of hydrogen-bond acceptors (Lipinski definition) is 2. The predicted molar refractivity (Wildman–Crippen MR) is 223 cm³/mol. The number of pyridine rings is 2. The Bertz CT molecular complexity index is 3150. The molecule has 0 unspecified atom stereocenters. The molecule has 0 bridgehead atoms. The molecule has 11 rings (SSSR count). The van der Waals surface area contributed by atoms with Crippen molar-refractivity contribution >= 4 is 54.1 Å². The van der Waals surface area contributed by atoms with Crippen LogP contribution in [0.2, 0.25) is 0 Å². The second-order valence-electron chi connectivity index (χ2n) is 15.0. The Labute approximate surface area is 308 Å². The summed E-state index contributed by atoms with van der Waals surface area (Å²) in [7, 11) is 0. The Morgan fingerprint density at radius 3 is 1.91 bits per heavy atom. The fraction of sp³-hybridized carbons (Fsp3) is 0.0588. The van der Waals surface area contributed by atoms with E-state index < -0.39 is 0 Å². The molecule has 0 radical (unpaired) electrons. The second-order valence-corrected chi connectivity index (χ2v) is 15.0. The van der Waals surface area contributed by atoms with E-state index >= 15 is 0 Å². The van der Waals surface area contributed by atoms with Crippen molar-refractivity contribution in [2.45, 2.75) is 19.3 Å². The molecule has 0 atom stereocenters. The molecular weight excluding hydrogens is 641 g/mol. The average Bonchev–Trinajstić information content (AvgIpc) is 3.44. The van der Waals surface area contributed by atoms with Crippen molar-refractivity contribution in [3.8, 4) is 44.6 Å². The van der Waals surface area contributed by atoms with Gasteiger partial charge in [0.05, 0.1) is 16.7 Å². The molecule has 8 aromatic carbocycles. The first-order valence-corrected chi connectivity index (χ1v) is 18.4. The van der Waals surface area contributed by atoms with Gasteiger partial charge in [-0.3, -0.25) is 4.98 Å². The highest BCUT2D eigenvalue weighted by Gasteiger charge is 2.35. The summed E-state index contributed by atoms with van der Waals surface area (Å²) in [5, 5.41) is 9.48. The minimum absolute atomic E-state index is 0.0531. The molecule has 53 heavy (non-hydrogen) atoms. The summed E-state index contributed by atoms with van der Waals surface area (Å²) in [6.45, 7) is 4.70. The van der Waals surface area contributed by atoms with Gasteiger partial charge in [0.25, 0.3) is 0 Å². The van der Waals surface area contributed by atoms with Crippen molar-refractivity contribution < 1.29 is 0 Å². The van der Waals surface area contributed by atoms with Gasteiger partial charge in [-0.05, 0) is 107 Å². The highest BCUT2D eigenvalue weighted by atomic mass is 14.8. The molecular formula is C51H34N2. The molecule has 2 heterocycles. The molecule has 0 N–H and O–H groups in total. The van der Waals surface area contributed by atoms with Crippen LogP contribution in [0.3, 0.4) is 0 Å². The van der Waals surface area contributed by atoms with E-state index in [0.29, 0.717) is 0 Å². The van der Waals surface area contributed by atoms with E-state index in [-0.39, 0.29) is 5.41 Å². The number of nitrogens with zero attached hydrogens (tertiary/aromatic N) is 2. The van der Waals surface area contributed by atoms with Crippen LogP contribution in [-0.2, 0) is 5.41 Å². The molecule has 248 valence electrons. The number of benzene rings is 8. The summed E-state index contributed by atoms with van der Waals surface area (Å²) in [6.07, 6.45) is 1.86. The van der Waals surface area contributed by atoms with E-state index in [2.05, 4.69) is 172 Å². The average molecular weight is 675 g/mol. The maximum atomic E-state index is 5.42. The monoisotopic (exact) mass is 674 g/mol. The molecule has 0 amide bonds. The number of rotatable bonds is 3. The van der Waals surface area contributed by atoms with Crippen LogP contribution in [0.15, 0.2) is 170 Å². The van der Waals surface area contributed by atoms with Crippen LogP contribution in [0.1, 0.15) is 25.0 Å². The highest BCUT2D eigenvalue weighted by molar-refractivity contribution is 6.22. The van der Waals surface area contributed by atoms with Crippen LogP contribution in [0.4, 0.5) is 0 Å². The summed E-state index contributed by atoms with van der Waals surface area (Å²) in [6, 6.07) is 60.2. The summed E-state index contributed by atoms with van der Waals surface area (Å²) < 4.78 is 0. The Hall–Kier alpha value is -6.64. The van der Waals surface area contributed by atoms with Crippen molar-refractivity contribution in [1.29, 1.82) is 0 Å². The Morgan fingerprint density at radius 1 is 0.396 bits per heavy atom. The SMILES string of the molecule is CC1(C)c2ccccc2-c2cc(-c3c4ccccc4c(-c4ccc5ccc6cccnc6c5n4)c4ccc(-c5ccc6ccccc6c5)cc34)ccc21. The maximum absolute atomic E-state index is 5.42. The van der Waals surface area contributed by atoms with Gasteiger partial charge < -0.3 is 0 Å². The first-order valence-electron chi connectivity index (χ1n) is 18.4. The fourth-order valence-electron chi connectivity index (χ4n) is 9.05. The van der Waals surface area contributed by atoms with Gasteiger partial charge in [-0.1, -0.05) is 147 Å². The first kappa shape index (κ1) is 30.0. The Kier molecular flexibility index (Phi) is 6.33. The highest BCUT2D eigenvalue weighted by Crippen LogP contribution is 2.51. The van der Waals surface area contributed by atoms with Crippen molar-refractivity contribution in [1.82, 2.24) is 9.97 Å². The van der Waals surface area contributed by atoms with E-state index in [4.69, 9.17) is 9.97 Å². The number of fused-ring (bicyclic) bond motifs is 9. The molecule has 0 spiro atoms. The van der Waals surface area contributed by atoms with Gasteiger partial charge in [0.15, 0.2) is 0 Å². The van der Waals surface area contributed by atoms with Gasteiger partial charge in [0, 0.05) is 27.9 Å². The molecule has 1 aliphatic rings. The molecule has 0 saturated carbocycles. The summed E-state index contributed by atoms with van der Waals surface area (Å²) in [4.78, 5) is 10.2. The minimum atomic E-state index is -0.0531. The fourth-order valence-corrected chi connectivity index (χ4v) is 9.05. The zero-order valence-electron chi connectivity index (χ0n) is 29.6. The van der Waals surface area contributed by atoms with E-state index in [1.54, 1.807) is 0 Å². The molecule has 2 nitrogen and oxygen atoms in total. The van der Waals surface area contributed by atoms with Crippen molar-refractivity contribution in [3.05, 3.63) is 181 Å². The third-order valence-corrected chi connectivity index (χ3v) is 11.7. The van der Waals surface area contributed by atoms with Crippen molar-refractivity contribution in [2.75, 3.05) is 0 Å². The smallest absolute Gasteiger partial charge is 0.0972 e. The summed E-state index contributed by atoms with van der Waals surface area (Å²) in [5.41, 5.74) is 14.2. The lowest BCUT2D eigenvalue weighted by Crippen LogP contribution is -2.14. The number of hydrogen-bond donors (Lipinski definition) is 0. The van der Waals surface area contributed by atoms with E-state index in [0.717, 1.165) is 33.1 Å². The molecule has 2 aromatic heterocycles. The van der Waals surface area contributed by atoms with Crippen LogP contribution in [0.5, 0.6) is 0 Å². The minimum Gasteiger partial charge on any atom is -0.254 e. The normalized spacial score (nSPS) is 13.2. The van der Waals surface area contributed by atoms with Crippen molar-refractivity contribution in [3.63, 3.8) is 0 Å². The van der Waals surface area contributed by atoms with Crippen molar-refractivity contribution in [2.24, 2.45) is 0 Å². The van der Waals surface area contributed by atoms with E-state index in [1.165, 1.54) is 76.8 Å². The molecule has 1 aliphatic carbocycles. The first-order chi connectivity index (χ1) is 26.0. The summed E-state index contributed by atoms with van der Waals surface area (Å²) >= 11 is 0. The van der Waals surface area contributed by atoms with Crippen LogP contribution in [0, 0.1) is 0 Å². The zero-order valence-corrected chi connectivity index (χ0v) is 29.6. The van der Waals surface area contributed by atoms with Gasteiger partial charge >= 0.3 is 0 Å². The quantitative estimate of drug-likeness (QED) is 0.138. The topological polar surface area (TPSA) is 25.8 Å².